The van der Waals surface area contributed by atoms with Crippen LogP contribution in [0.5, 0.6) is 0 Å². The molecule has 1 aliphatic rings. The summed E-state index contributed by atoms with van der Waals surface area (Å²) in [5.41, 5.74) is 1.39. The molecular formula is C17H12ClN4O4S-. The highest BCUT2D eigenvalue weighted by molar-refractivity contribution is 7.80. The maximum absolute atomic E-state index is 12.1. The number of hydrogen-bond donors (Lipinski definition) is 2. The van der Waals surface area contributed by atoms with E-state index in [4.69, 9.17) is 23.8 Å². The minimum absolute atomic E-state index is 0.0677. The van der Waals surface area contributed by atoms with E-state index in [2.05, 4.69) is 15.7 Å². The fraction of sp³-hybridized carbons (Fsp3) is 0.118. The van der Waals surface area contributed by atoms with Gasteiger partial charge in [-0.25, -0.2) is 0 Å². The molecule has 3 rings (SSSR count). The van der Waals surface area contributed by atoms with Crippen molar-refractivity contribution in [2.75, 3.05) is 0 Å². The number of benzene rings is 1. The first kappa shape index (κ1) is 18.7. The molecule has 1 aromatic heterocycles. The highest BCUT2D eigenvalue weighted by atomic mass is 35.5. The average molecular weight is 404 g/mol. The van der Waals surface area contributed by atoms with Gasteiger partial charge in [-0.15, -0.1) is 0 Å². The first-order valence-corrected chi connectivity index (χ1v) is 8.53. The van der Waals surface area contributed by atoms with E-state index in [1.165, 1.54) is 10.8 Å². The van der Waals surface area contributed by atoms with Crippen LogP contribution in [0.3, 0.4) is 0 Å². The van der Waals surface area contributed by atoms with Gasteiger partial charge in [0.2, 0.25) is 0 Å². The summed E-state index contributed by atoms with van der Waals surface area (Å²) >= 11 is 10.8. The van der Waals surface area contributed by atoms with Crippen LogP contribution in [-0.4, -0.2) is 32.7 Å². The van der Waals surface area contributed by atoms with Crippen LogP contribution in [0.25, 0.3) is 17.3 Å². The zero-order valence-corrected chi connectivity index (χ0v) is 15.3. The number of aromatic nitrogens is 2. The summed E-state index contributed by atoms with van der Waals surface area (Å²) in [4.78, 5) is 34.9. The Morgan fingerprint density at radius 3 is 2.63 bits per heavy atom. The third-order valence-corrected chi connectivity index (χ3v) is 4.12. The van der Waals surface area contributed by atoms with Crippen molar-refractivity contribution in [3.63, 3.8) is 0 Å². The molecule has 0 unspecified atom stereocenters. The normalized spacial score (nSPS) is 14.0. The fourth-order valence-electron chi connectivity index (χ4n) is 2.48. The Hall–Kier alpha value is -3.04. The van der Waals surface area contributed by atoms with E-state index in [0.29, 0.717) is 21.8 Å². The van der Waals surface area contributed by atoms with Crippen molar-refractivity contribution in [1.29, 1.82) is 0 Å². The molecule has 1 fully saturated rings. The van der Waals surface area contributed by atoms with Gasteiger partial charge in [0.15, 0.2) is 5.11 Å². The van der Waals surface area contributed by atoms with Gasteiger partial charge >= 0.3 is 0 Å². The smallest absolute Gasteiger partial charge is 0.263 e. The van der Waals surface area contributed by atoms with Crippen molar-refractivity contribution in [3.05, 3.63) is 46.6 Å². The Morgan fingerprint density at radius 2 is 2.00 bits per heavy atom. The topological polar surface area (TPSA) is 116 Å². The molecule has 2 amide bonds. The molecule has 1 aliphatic heterocycles. The van der Waals surface area contributed by atoms with E-state index in [1.807, 2.05) is 0 Å². The second-order valence-corrected chi connectivity index (χ2v) is 6.47. The Labute approximate surface area is 163 Å². The molecule has 138 valence electrons. The second kappa shape index (κ2) is 7.68. The number of carboxylic acids is 1. The van der Waals surface area contributed by atoms with Crippen molar-refractivity contribution in [3.8, 4) is 11.3 Å². The van der Waals surface area contributed by atoms with E-state index in [9.17, 15) is 19.5 Å². The van der Waals surface area contributed by atoms with Crippen molar-refractivity contribution < 1.29 is 19.5 Å². The van der Waals surface area contributed by atoms with Crippen LogP contribution in [0.2, 0.25) is 5.02 Å². The van der Waals surface area contributed by atoms with Crippen LogP contribution in [0.15, 0.2) is 36.0 Å². The molecule has 10 heteroatoms. The number of rotatable bonds is 5. The minimum atomic E-state index is -1.21. The van der Waals surface area contributed by atoms with E-state index >= 15 is 0 Å². The second-order valence-electron chi connectivity index (χ2n) is 5.62. The lowest BCUT2D eigenvalue weighted by Crippen LogP contribution is -2.51. The van der Waals surface area contributed by atoms with Gasteiger partial charge in [-0.2, -0.15) is 5.10 Å². The molecule has 0 bridgehead atoms. The van der Waals surface area contributed by atoms with Gasteiger partial charge in [0.25, 0.3) is 11.8 Å². The van der Waals surface area contributed by atoms with Crippen LogP contribution >= 0.6 is 23.8 Å². The number of halogens is 1. The standard InChI is InChI=1S/C17H13ClN4O4S/c18-11-3-1-2-9(6-11)14-10(8-22(21-14)5-4-13(23)24)7-12-15(25)19-17(27)20-16(12)26/h1-3,6-8H,4-5H2,(H,23,24)(H2,19,20,25,26,27)/p-1. The minimum Gasteiger partial charge on any atom is -0.550 e. The molecule has 2 aromatic rings. The highest BCUT2D eigenvalue weighted by Gasteiger charge is 2.26. The van der Waals surface area contributed by atoms with Gasteiger partial charge in [0, 0.05) is 41.3 Å². The van der Waals surface area contributed by atoms with Gasteiger partial charge in [-0.1, -0.05) is 23.7 Å². The van der Waals surface area contributed by atoms with Crippen molar-refractivity contribution >= 4 is 52.8 Å². The maximum Gasteiger partial charge on any atom is 0.263 e. The van der Waals surface area contributed by atoms with E-state index in [1.54, 1.807) is 30.5 Å². The number of carbonyl (C=O) groups is 3. The molecule has 1 aromatic carbocycles. The number of aryl methyl sites for hydroxylation is 1. The Bertz CT molecular complexity index is 977. The molecule has 0 atom stereocenters. The summed E-state index contributed by atoms with van der Waals surface area (Å²) in [6.07, 6.45) is 2.67. The molecule has 0 spiro atoms. The van der Waals surface area contributed by atoms with Gasteiger partial charge in [0.05, 0.1) is 5.69 Å². The first-order valence-electron chi connectivity index (χ1n) is 7.75. The maximum atomic E-state index is 12.1. The zero-order valence-electron chi connectivity index (χ0n) is 13.7. The lowest BCUT2D eigenvalue weighted by molar-refractivity contribution is -0.306. The van der Waals surface area contributed by atoms with Gasteiger partial charge < -0.3 is 9.90 Å². The molecule has 0 saturated carbocycles. The number of thiocarbonyl (C=S) groups is 1. The average Bonchev–Trinajstić information content (AvgIpc) is 2.99. The summed E-state index contributed by atoms with van der Waals surface area (Å²) in [6, 6.07) is 6.85. The number of carbonyl (C=O) groups excluding carboxylic acids is 3. The van der Waals surface area contributed by atoms with Gasteiger partial charge in [-0.3, -0.25) is 24.9 Å². The molecule has 27 heavy (non-hydrogen) atoms. The van der Waals surface area contributed by atoms with Crippen LogP contribution in [0, 0.1) is 0 Å². The predicted octanol–water partition coefficient (Wildman–Crippen LogP) is 0.258. The van der Waals surface area contributed by atoms with Crippen LogP contribution in [0.4, 0.5) is 0 Å². The quantitative estimate of drug-likeness (QED) is 0.420. The van der Waals surface area contributed by atoms with Crippen molar-refractivity contribution in [2.24, 2.45) is 0 Å². The van der Waals surface area contributed by atoms with E-state index < -0.39 is 17.8 Å². The lowest BCUT2D eigenvalue weighted by atomic mass is 10.0. The van der Waals surface area contributed by atoms with Crippen LogP contribution in [0.1, 0.15) is 12.0 Å². The Morgan fingerprint density at radius 1 is 1.30 bits per heavy atom. The Kier molecular flexibility index (Phi) is 5.33. The lowest BCUT2D eigenvalue weighted by Gasteiger charge is -2.16. The van der Waals surface area contributed by atoms with Gasteiger partial charge in [-0.05, 0) is 30.4 Å². The first-order chi connectivity index (χ1) is 12.8. The van der Waals surface area contributed by atoms with E-state index in [-0.39, 0.29) is 23.7 Å². The molecule has 1 saturated heterocycles. The number of amides is 2. The number of carboxylic acid groups (broad SMARTS) is 1. The SMILES string of the molecule is O=C([O-])CCn1cc(C=C2C(=O)NC(=S)NC2=O)c(-c2cccc(Cl)c2)n1. The molecular weight excluding hydrogens is 392 g/mol. The zero-order chi connectivity index (χ0) is 19.6. The van der Waals surface area contributed by atoms with E-state index in [0.717, 1.165) is 0 Å². The number of nitrogens with one attached hydrogen (secondary N) is 2. The van der Waals surface area contributed by atoms with Crippen molar-refractivity contribution in [2.45, 2.75) is 13.0 Å². The molecule has 0 radical (unpaired) electrons. The summed E-state index contributed by atoms with van der Waals surface area (Å²) in [6.45, 7) is 0.0710. The number of aliphatic carboxylic acids is 1. The van der Waals surface area contributed by atoms with Crippen LogP contribution < -0.4 is 15.7 Å². The van der Waals surface area contributed by atoms with Crippen LogP contribution in [-0.2, 0) is 20.9 Å². The predicted molar refractivity (Wildman–Crippen MR) is 99.2 cm³/mol. The summed E-state index contributed by atoms with van der Waals surface area (Å²) < 4.78 is 1.40. The molecule has 2 N–H and O–H groups in total. The monoisotopic (exact) mass is 403 g/mol. The number of nitrogens with zero attached hydrogens (tertiary/aromatic N) is 2. The van der Waals surface area contributed by atoms with Gasteiger partial charge in [0.1, 0.15) is 5.57 Å². The summed E-state index contributed by atoms with van der Waals surface area (Å²) in [7, 11) is 0. The Balaban J connectivity index is 2.05. The molecule has 0 aliphatic carbocycles. The van der Waals surface area contributed by atoms with Crippen molar-refractivity contribution in [1.82, 2.24) is 20.4 Å². The summed E-state index contributed by atoms with van der Waals surface area (Å²) in [5.74, 6) is -2.49. The third-order valence-electron chi connectivity index (χ3n) is 3.68. The number of hydrogen-bond acceptors (Lipinski definition) is 6. The third kappa shape index (κ3) is 4.39. The molecule has 8 nitrogen and oxygen atoms in total. The summed E-state index contributed by atoms with van der Waals surface area (Å²) in [5, 5.41) is 20.2. The fourth-order valence-corrected chi connectivity index (χ4v) is 2.86. The molecule has 2 heterocycles. The largest absolute Gasteiger partial charge is 0.550 e. The highest BCUT2D eigenvalue weighted by Crippen LogP contribution is 2.27.